The first-order valence-corrected chi connectivity index (χ1v) is 5.03. The van der Waals surface area contributed by atoms with Gasteiger partial charge in [-0.25, -0.2) is 0 Å². The summed E-state index contributed by atoms with van der Waals surface area (Å²) in [7, 11) is 0. The molecule has 1 atom stereocenters. The quantitative estimate of drug-likeness (QED) is 0.846. The van der Waals surface area contributed by atoms with E-state index in [9.17, 15) is 5.11 Å². The van der Waals surface area contributed by atoms with Crippen LogP contribution >= 0.6 is 11.6 Å². The van der Waals surface area contributed by atoms with Gasteiger partial charge in [-0.2, -0.15) is 0 Å². The van der Waals surface area contributed by atoms with Crippen molar-refractivity contribution < 1.29 is 9.52 Å². The van der Waals surface area contributed by atoms with Gasteiger partial charge in [-0.1, -0.05) is 23.7 Å². The summed E-state index contributed by atoms with van der Waals surface area (Å²) in [5.41, 5.74) is 1.51. The van der Waals surface area contributed by atoms with E-state index < -0.39 is 6.10 Å². The van der Waals surface area contributed by atoms with E-state index in [0.717, 1.165) is 16.9 Å². The normalized spacial score (nSPS) is 12.7. The van der Waals surface area contributed by atoms with E-state index in [0.29, 0.717) is 5.02 Å². The predicted molar refractivity (Wildman–Crippen MR) is 59.0 cm³/mol. The van der Waals surface area contributed by atoms with E-state index in [1.807, 2.05) is 25.1 Å². The highest BCUT2D eigenvalue weighted by Crippen LogP contribution is 2.25. The van der Waals surface area contributed by atoms with Gasteiger partial charge in [0.25, 0.3) is 0 Å². The highest BCUT2D eigenvalue weighted by molar-refractivity contribution is 6.30. The van der Waals surface area contributed by atoms with Crippen LogP contribution in [-0.2, 0) is 0 Å². The van der Waals surface area contributed by atoms with Crippen LogP contribution in [0.1, 0.15) is 23.0 Å². The standard InChI is InChI=1S/C12H11ClO2/c1-8-5-10(7-15-8)12(14)9-3-2-4-11(13)6-9/h2-7,12,14H,1H3. The van der Waals surface area contributed by atoms with Gasteiger partial charge in [-0.05, 0) is 30.7 Å². The first kappa shape index (κ1) is 10.3. The van der Waals surface area contributed by atoms with Crippen LogP contribution in [0.5, 0.6) is 0 Å². The van der Waals surface area contributed by atoms with Gasteiger partial charge in [0.15, 0.2) is 0 Å². The summed E-state index contributed by atoms with van der Waals surface area (Å²) in [5, 5.41) is 10.6. The third-order valence-corrected chi connectivity index (χ3v) is 2.47. The molecule has 0 saturated carbocycles. The number of halogens is 1. The molecule has 0 aliphatic carbocycles. The molecule has 0 bridgehead atoms. The molecular weight excluding hydrogens is 212 g/mol. The van der Waals surface area contributed by atoms with E-state index in [4.69, 9.17) is 16.0 Å². The summed E-state index contributed by atoms with van der Waals surface area (Å²) < 4.78 is 5.14. The number of hydrogen-bond acceptors (Lipinski definition) is 2. The second-order valence-electron chi connectivity index (χ2n) is 3.45. The molecule has 0 saturated heterocycles. The molecule has 2 nitrogen and oxygen atoms in total. The van der Waals surface area contributed by atoms with Crippen molar-refractivity contribution in [3.63, 3.8) is 0 Å². The maximum Gasteiger partial charge on any atom is 0.107 e. The van der Waals surface area contributed by atoms with Crippen LogP contribution in [0.25, 0.3) is 0 Å². The van der Waals surface area contributed by atoms with Crippen molar-refractivity contribution in [1.29, 1.82) is 0 Å². The largest absolute Gasteiger partial charge is 0.469 e. The Hall–Kier alpha value is -1.25. The van der Waals surface area contributed by atoms with Crippen molar-refractivity contribution in [2.45, 2.75) is 13.0 Å². The zero-order valence-electron chi connectivity index (χ0n) is 8.27. The van der Waals surface area contributed by atoms with Crippen molar-refractivity contribution in [2.75, 3.05) is 0 Å². The lowest BCUT2D eigenvalue weighted by molar-refractivity contribution is 0.219. The minimum atomic E-state index is -0.679. The Labute approximate surface area is 93.1 Å². The first-order chi connectivity index (χ1) is 7.16. The number of aryl methyl sites for hydroxylation is 1. The molecule has 0 aliphatic rings. The summed E-state index contributed by atoms with van der Waals surface area (Å²) >= 11 is 5.85. The van der Waals surface area contributed by atoms with Gasteiger partial charge in [0.05, 0.1) is 6.26 Å². The van der Waals surface area contributed by atoms with Crippen molar-refractivity contribution in [3.8, 4) is 0 Å². The minimum absolute atomic E-state index is 0.617. The van der Waals surface area contributed by atoms with Crippen molar-refractivity contribution >= 4 is 11.6 Å². The zero-order valence-corrected chi connectivity index (χ0v) is 9.03. The second kappa shape index (κ2) is 4.09. The third-order valence-electron chi connectivity index (χ3n) is 2.23. The molecule has 3 heteroatoms. The van der Waals surface area contributed by atoms with Crippen LogP contribution in [0.4, 0.5) is 0 Å². The molecular formula is C12H11ClO2. The predicted octanol–water partition coefficient (Wildman–Crippen LogP) is 3.32. The lowest BCUT2D eigenvalue weighted by Gasteiger charge is -2.08. The molecule has 15 heavy (non-hydrogen) atoms. The third kappa shape index (κ3) is 2.22. The number of hydrogen-bond donors (Lipinski definition) is 1. The monoisotopic (exact) mass is 222 g/mol. The van der Waals surface area contributed by atoms with Crippen LogP contribution in [0.3, 0.4) is 0 Å². The molecule has 0 amide bonds. The van der Waals surface area contributed by atoms with E-state index >= 15 is 0 Å². The molecule has 1 aromatic heterocycles. The van der Waals surface area contributed by atoms with Crippen LogP contribution in [0.15, 0.2) is 41.0 Å². The lowest BCUT2D eigenvalue weighted by Crippen LogP contribution is -1.97. The highest BCUT2D eigenvalue weighted by Gasteiger charge is 2.12. The van der Waals surface area contributed by atoms with Crippen LogP contribution in [0.2, 0.25) is 5.02 Å². The fourth-order valence-corrected chi connectivity index (χ4v) is 1.67. The van der Waals surface area contributed by atoms with Gasteiger partial charge in [0.1, 0.15) is 11.9 Å². The fourth-order valence-electron chi connectivity index (χ4n) is 1.48. The van der Waals surface area contributed by atoms with Crippen LogP contribution in [-0.4, -0.2) is 5.11 Å². The SMILES string of the molecule is Cc1cc(C(O)c2cccc(Cl)c2)co1. The van der Waals surface area contributed by atoms with Gasteiger partial charge >= 0.3 is 0 Å². The molecule has 78 valence electrons. The van der Waals surface area contributed by atoms with Gasteiger partial charge in [-0.3, -0.25) is 0 Å². The van der Waals surface area contributed by atoms with Gasteiger partial charge in [0.2, 0.25) is 0 Å². The molecule has 1 unspecified atom stereocenters. The number of aliphatic hydroxyl groups is 1. The topological polar surface area (TPSA) is 33.4 Å². The molecule has 0 spiro atoms. The molecule has 0 radical (unpaired) electrons. The number of benzene rings is 1. The smallest absolute Gasteiger partial charge is 0.107 e. The molecule has 1 heterocycles. The Morgan fingerprint density at radius 2 is 2.07 bits per heavy atom. The molecule has 0 aliphatic heterocycles. The van der Waals surface area contributed by atoms with Crippen molar-refractivity contribution in [3.05, 3.63) is 58.5 Å². The molecule has 2 rings (SSSR count). The fraction of sp³-hybridized carbons (Fsp3) is 0.167. The Balaban J connectivity index is 2.32. The van der Waals surface area contributed by atoms with Gasteiger partial charge < -0.3 is 9.52 Å². The number of furan rings is 1. The summed E-state index contributed by atoms with van der Waals surface area (Å²) in [6.07, 6.45) is 0.877. The van der Waals surface area contributed by atoms with Gasteiger partial charge in [-0.15, -0.1) is 0 Å². The maximum absolute atomic E-state index is 10.0. The average molecular weight is 223 g/mol. The van der Waals surface area contributed by atoms with Gasteiger partial charge in [0, 0.05) is 10.6 Å². The first-order valence-electron chi connectivity index (χ1n) is 4.65. The maximum atomic E-state index is 10.0. The average Bonchev–Trinajstić information content (AvgIpc) is 2.64. The molecule has 2 aromatic rings. The van der Waals surface area contributed by atoms with E-state index in [1.54, 1.807) is 18.4 Å². The van der Waals surface area contributed by atoms with E-state index in [2.05, 4.69) is 0 Å². The van der Waals surface area contributed by atoms with Crippen molar-refractivity contribution in [1.82, 2.24) is 0 Å². The Morgan fingerprint density at radius 1 is 1.27 bits per heavy atom. The molecule has 0 fully saturated rings. The van der Waals surface area contributed by atoms with E-state index in [1.165, 1.54) is 0 Å². The number of rotatable bonds is 2. The molecule has 1 N–H and O–H groups in total. The van der Waals surface area contributed by atoms with Crippen LogP contribution < -0.4 is 0 Å². The minimum Gasteiger partial charge on any atom is -0.469 e. The van der Waals surface area contributed by atoms with E-state index in [-0.39, 0.29) is 0 Å². The Morgan fingerprint density at radius 3 is 2.67 bits per heavy atom. The summed E-state index contributed by atoms with van der Waals surface area (Å²) in [6, 6.07) is 8.98. The lowest BCUT2D eigenvalue weighted by atomic mass is 10.0. The zero-order chi connectivity index (χ0) is 10.8. The summed E-state index contributed by atoms with van der Waals surface area (Å²) in [4.78, 5) is 0. The van der Waals surface area contributed by atoms with Crippen molar-refractivity contribution in [2.24, 2.45) is 0 Å². The Kier molecular flexibility index (Phi) is 2.80. The summed E-state index contributed by atoms with van der Waals surface area (Å²) in [6.45, 7) is 1.84. The highest BCUT2D eigenvalue weighted by atomic mass is 35.5. The second-order valence-corrected chi connectivity index (χ2v) is 3.88. The Bertz CT molecular complexity index is 462. The number of aliphatic hydroxyl groups excluding tert-OH is 1. The summed E-state index contributed by atoms with van der Waals surface area (Å²) in [5.74, 6) is 0.783. The molecule has 1 aromatic carbocycles. The van der Waals surface area contributed by atoms with Crippen LogP contribution in [0, 0.1) is 6.92 Å².